The van der Waals surface area contributed by atoms with Crippen LogP contribution < -0.4 is 20.9 Å². The maximum Gasteiger partial charge on any atom is 0.258 e. The van der Waals surface area contributed by atoms with Crippen molar-refractivity contribution in [2.45, 2.75) is 26.3 Å². The van der Waals surface area contributed by atoms with E-state index in [2.05, 4.69) is 16.0 Å². The molecule has 0 saturated carbocycles. The van der Waals surface area contributed by atoms with Crippen LogP contribution in [0.2, 0.25) is 0 Å². The smallest absolute Gasteiger partial charge is 0.258 e. The predicted octanol–water partition coefficient (Wildman–Crippen LogP) is 4.54. The van der Waals surface area contributed by atoms with E-state index >= 15 is 0 Å². The number of nitrogens with zero attached hydrogens (tertiary/aromatic N) is 1. The molecule has 3 aromatic carbocycles. The molecule has 176 valence electrons. The fourth-order valence-electron chi connectivity index (χ4n) is 3.23. The summed E-state index contributed by atoms with van der Waals surface area (Å²) in [5.41, 5.74) is 2.74. The molecule has 3 rings (SSSR count). The Kier molecular flexibility index (Phi) is 7.68. The molecule has 0 unspecified atom stereocenters. The van der Waals surface area contributed by atoms with E-state index in [0.29, 0.717) is 22.5 Å². The molecule has 7 heteroatoms. The highest BCUT2D eigenvalue weighted by Gasteiger charge is 2.16. The van der Waals surface area contributed by atoms with Gasteiger partial charge in [0.25, 0.3) is 11.8 Å². The lowest BCUT2D eigenvalue weighted by Crippen LogP contribution is -2.40. The number of anilines is 3. The van der Waals surface area contributed by atoms with Crippen molar-refractivity contribution in [3.05, 3.63) is 90.0 Å². The monoisotopic (exact) mass is 458 g/mol. The molecule has 3 N–H and O–H groups in total. The number of carbonyl (C=O) groups excluding carboxylic acids is 3. The van der Waals surface area contributed by atoms with Crippen LogP contribution in [0.3, 0.4) is 0 Å². The quantitative estimate of drug-likeness (QED) is 0.485. The molecule has 0 aliphatic carbocycles. The van der Waals surface area contributed by atoms with Crippen LogP contribution in [-0.2, 0) is 4.79 Å². The van der Waals surface area contributed by atoms with Gasteiger partial charge in [-0.15, -0.1) is 0 Å². The number of nitrogens with one attached hydrogen (secondary N) is 3. The molecule has 0 spiro atoms. The van der Waals surface area contributed by atoms with Gasteiger partial charge in [0.15, 0.2) is 0 Å². The first kappa shape index (κ1) is 24.5. The molecule has 0 radical (unpaired) electrons. The Hall–Kier alpha value is -4.13. The number of benzene rings is 3. The molecular formula is C27H30N4O3. The summed E-state index contributed by atoms with van der Waals surface area (Å²) in [5.74, 6) is -0.572. The number of carbonyl (C=O) groups is 3. The number of amides is 3. The fraction of sp³-hybridized carbons (Fsp3) is 0.222. The molecule has 0 bridgehead atoms. The summed E-state index contributed by atoms with van der Waals surface area (Å²) in [6.45, 7) is 5.76. The van der Waals surface area contributed by atoms with Crippen molar-refractivity contribution in [1.29, 1.82) is 0 Å². The van der Waals surface area contributed by atoms with E-state index in [1.54, 1.807) is 60.5 Å². The maximum atomic E-state index is 12.7. The summed E-state index contributed by atoms with van der Waals surface area (Å²) in [6, 6.07) is 23.2. The van der Waals surface area contributed by atoms with Crippen LogP contribution in [0.15, 0.2) is 78.9 Å². The molecule has 0 aliphatic rings. The zero-order chi connectivity index (χ0) is 24.7. The van der Waals surface area contributed by atoms with Gasteiger partial charge < -0.3 is 20.9 Å². The number of para-hydroxylation sites is 1. The Labute approximate surface area is 200 Å². The second kappa shape index (κ2) is 10.7. The van der Waals surface area contributed by atoms with E-state index in [0.717, 1.165) is 5.69 Å². The minimum absolute atomic E-state index is 0.0373. The average molecular weight is 459 g/mol. The summed E-state index contributed by atoms with van der Waals surface area (Å²) in [5, 5.41) is 8.73. The first-order valence-corrected chi connectivity index (χ1v) is 11.0. The highest BCUT2D eigenvalue weighted by molar-refractivity contribution is 6.06. The molecule has 3 aromatic rings. The van der Waals surface area contributed by atoms with Crippen molar-refractivity contribution in [2.75, 3.05) is 29.1 Å². The lowest BCUT2D eigenvalue weighted by Gasteiger charge is -2.20. The molecule has 0 heterocycles. The van der Waals surface area contributed by atoms with Gasteiger partial charge in [-0.2, -0.15) is 0 Å². The van der Waals surface area contributed by atoms with Crippen molar-refractivity contribution in [1.82, 2.24) is 5.32 Å². The van der Waals surface area contributed by atoms with E-state index in [1.165, 1.54) is 0 Å². The summed E-state index contributed by atoms with van der Waals surface area (Å²) in [4.78, 5) is 39.0. The summed E-state index contributed by atoms with van der Waals surface area (Å²) < 4.78 is 0. The van der Waals surface area contributed by atoms with Gasteiger partial charge in [-0.1, -0.05) is 24.3 Å². The minimum Gasteiger partial charge on any atom is -0.376 e. The molecule has 0 aliphatic heterocycles. The van der Waals surface area contributed by atoms with Crippen molar-refractivity contribution in [2.24, 2.45) is 0 Å². The molecular weight excluding hydrogens is 428 g/mol. The zero-order valence-corrected chi connectivity index (χ0v) is 19.9. The summed E-state index contributed by atoms with van der Waals surface area (Å²) in [7, 11) is 1.73. The third kappa shape index (κ3) is 6.93. The zero-order valence-electron chi connectivity index (χ0n) is 19.9. The van der Waals surface area contributed by atoms with Crippen LogP contribution in [0.5, 0.6) is 0 Å². The van der Waals surface area contributed by atoms with E-state index in [9.17, 15) is 14.4 Å². The van der Waals surface area contributed by atoms with Crippen LogP contribution >= 0.6 is 0 Å². The fourth-order valence-corrected chi connectivity index (χ4v) is 3.23. The van der Waals surface area contributed by atoms with E-state index in [-0.39, 0.29) is 29.8 Å². The predicted molar refractivity (Wildman–Crippen MR) is 136 cm³/mol. The van der Waals surface area contributed by atoms with Crippen LogP contribution in [0, 0.1) is 0 Å². The Morgan fingerprint density at radius 3 is 2.12 bits per heavy atom. The van der Waals surface area contributed by atoms with Crippen molar-refractivity contribution >= 4 is 34.8 Å². The lowest BCUT2D eigenvalue weighted by molar-refractivity contribution is -0.114. The number of hydrogen-bond acceptors (Lipinski definition) is 4. The second-order valence-electron chi connectivity index (χ2n) is 8.96. The van der Waals surface area contributed by atoms with Crippen molar-refractivity contribution in [3.63, 3.8) is 0 Å². The van der Waals surface area contributed by atoms with Gasteiger partial charge in [-0.25, -0.2) is 0 Å². The van der Waals surface area contributed by atoms with Crippen LogP contribution in [0.4, 0.5) is 17.1 Å². The normalized spacial score (nSPS) is 10.8. The standard InChI is InChI=1S/C27H30N4O3/c1-27(2,3)30-25(33)20-9-8-10-22(17-20)29-24(32)18-28-21-15-13-19(14-16-21)26(34)31(4)23-11-6-5-7-12-23/h5-17,28H,18H2,1-4H3,(H,29,32)(H,30,33). The molecule has 34 heavy (non-hydrogen) atoms. The molecule has 7 nitrogen and oxygen atoms in total. The van der Waals surface area contributed by atoms with E-state index in [4.69, 9.17) is 0 Å². The lowest BCUT2D eigenvalue weighted by atomic mass is 10.1. The Morgan fingerprint density at radius 2 is 1.47 bits per heavy atom. The highest BCUT2D eigenvalue weighted by Crippen LogP contribution is 2.17. The minimum atomic E-state index is -0.350. The van der Waals surface area contributed by atoms with Gasteiger partial charge in [0.1, 0.15) is 0 Å². The highest BCUT2D eigenvalue weighted by atomic mass is 16.2. The Morgan fingerprint density at radius 1 is 0.794 bits per heavy atom. The molecule has 0 saturated heterocycles. The largest absolute Gasteiger partial charge is 0.376 e. The third-order valence-corrected chi connectivity index (χ3v) is 4.93. The molecule has 3 amide bonds. The van der Waals surface area contributed by atoms with Gasteiger partial charge in [-0.05, 0) is 75.4 Å². The van der Waals surface area contributed by atoms with Gasteiger partial charge in [0.05, 0.1) is 6.54 Å². The first-order chi connectivity index (χ1) is 16.1. The van der Waals surface area contributed by atoms with Crippen molar-refractivity contribution in [3.8, 4) is 0 Å². The number of rotatable bonds is 7. The van der Waals surface area contributed by atoms with Gasteiger partial charge >= 0.3 is 0 Å². The van der Waals surface area contributed by atoms with E-state index < -0.39 is 0 Å². The SMILES string of the molecule is CN(C(=O)c1ccc(NCC(=O)Nc2cccc(C(=O)NC(C)(C)C)c2)cc1)c1ccccc1. The van der Waals surface area contributed by atoms with Crippen LogP contribution in [0.1, 0.15) is 41.5 Å². The first-order valence-electron chi connectivity index (χ1n) is 11.0. The summed E-state index contributed by atoms with van der Waals surface area (Å²) in [6.07, 6.45) is 0. The summed E-state index contributed by atoms with van der Waals surface area (Å²) >= 11 is 0. The topological polar surface area (TPSA) is 90.5 Å². The third-order valence-electron chi connectivity index (χ3n) is 4.93. The molecule has 0 aromatic heterocycles. The van der Waals surface area contributed by atoms with Gasteiger partial charge in [0, 0.05) is 40.8 Å². The average Bonchev–Trinajstić information content (AvgIpc) is 2.82. The number of hydrogen-bond donors (Lipinski definition) is 3. The second-order valence-corrected chi connectivity index (χ2v) is 8.96. The van der Waals surface area contributed by atoms with Gasteiger partial charge in [-0.3, -0.25) is 14.4 Å². The molecule has 0 atom stereocenters. The Bertz CT molecular complexity index is 1150. The van der Waals surface area contributed by atoms with Gasteiger partial charge in [0.2, 0.25) is 5.91 Å². The van der Waals surface area contributed by atoms with Crippen LogP contribution in [-0.4, -0.2) is 36.9 Å². The van der Waals surface area contributed by atoms with E-state index in [1.807, 2.05) is 51.1 Å². The Balaban J connectivity index is 1.54. The molecule has 0 fully saturated rings. The van der Waals surface area contributed by atoms with Crippen LogP contribution in [0.25, 0.3) is 0 Å². The van der Waals surface area contributed by atoms with Crippen molar-refractivity contribution < 1.29 is 14.4 Å². The maximum absolute atomic E-state index is 12.7.